The third kappa shape index (κ3) is 9.61. The van der Waals surface area contributed by atoms with Gasteiger partial charge >= 0.3 is 12.0 Å². The minimum absolute atomic E-state index is 0.0134. The molecular weight excluding hydrogens is 757 g/mol. The number of amides is 2. The molecule has 18 atom stereocenters. The molecule has 2 amide bonds. The summed E-state index contributed by atoms with van der Waals surface area (Å²) in [5.74, 6) is -5.93. The third-order valence-electron chi connectivity index (χ3n) is 15.2. The third-order valence-corrected chi connectivity index (χ3v) is 15.2. The Balaban J connectivity index is 1.39. The van der Waals surface area contributed by atoms with Crippen LogP contribution in [0.15, 0.2) is 12.2 Å². The topological polar surface area (TPSA) is 182 Å². The van der Waals surface area contributed by atoms with Crippen LogP contribution in [-0.4, -0.2) is 105 Å². The van der Waals surface area contributed by atoms with Crippen LogP contribution in [0, 0.1) is 41.4 Å². The first-order valence-corrected chi connectivity index (χ1v) is 22.9. The molecule has 5 N–H and O–H groups in total. The van der Waals surface area contributed by atoms with Crippen molar-refractivity contribution in [2.24, 2.45) is 41.4 Å². The second-order valence-electron chi connectivity index (χ2n) is 19.7. The zero-order chi connectivity index (χ0) is 43.8. The second-order valence-corrected chi connectivity index (χ2v) is 19.7. The Morgan fingerprint density at radius 3 is 2.14 bits per heavy atom. The number of carbonyl (C=O) groups is 3. The molecule has 0 aromatic rings. The van der Waals surface area contributed by atoms with Gasteiger partial charge in [0.15, 0.2) is 11.6 Å². The molecule has 13 nitrogen and oxygen atoms in total. The van der Waals surface area contributed by atoms with Gasteiger partial charge in [0, 0.05) is 36.1 Å². The highest BCUT2D eigenvalue weighted by Gasteiger charge is 2.63. The monoisotopic (exact) mass is 835 g/mol. The van der Waals surface area contributed by atoms with Crippen molar-refractivity contribution in [2.75, 3.05) is 0 Å². The fourth-order valence-corrected chi connectivity index (χ4v) is 11.1. The number of hydrogen-bond donors (Lipinski definition) is 5. The highest BCUT2D eigenvalue weighted by molar-refractivity contribution is 5.84. The van der Waals surface area contributed by atoms with Gasteiger partial charge in [-0.1, -0.05) is 61.5 Å². The van der Waals surface area contributed by atoms with Crippen molar-refractivity contribution >= 4 is 17.8 Å². The van der Waals surface area contributed by atoms with E-state index in [1.165, 1.54) is 0 Å². The quantitative estimate of drug-likeness (QED) is 0.115. The molecule has 0 aromatic heterocycles. The van der Waals surface area contributed by atoms with E-state index in [1.807, 2.05) is 67.5 Å². The number of aliphatic hydroxyl groups excluding tert-OH is 1. The van der Waals surface area contributed by atoms with E-state index in [-0.39, 0.29) is 53.9 Å². The molecule has 0 aliphatic carbocycles. The molecular formula is C46H78N2O11. The fourth-order valence-electron chi connectivity index (χ4n) is 11.1. The summed E-state index contributed by atoms with van der Waals surface area (Å²) in [4.78, 5) is 39.9. The molecule has 5 aliphatic rings. The molecule has 0 radical (unpaired) electrons. The first-order valence-electron chi connectivity index (χ1n) is 22.9. The van der Waals surface area contributed by atoms with E-state index >= 15 is 0 Å². The molecule has 0 saturated carbocycles. The van der Waals surface area contributed by atoms with Gasteiger partial charge in [0.05, 0.1) is 53.7 Å². The number of Topliss-reactive ketones (excluding diaryl/α,β-unsaturated/α-hetero) is 1. The lowest BCUT2D eigenvalue weighted by Crippen LogP contribution is -2.66. The molecule has 0 unspecified atom stereocenters. The van der Waals surface area contributed by atoms with Crippen molar-refractivity contribution in [3.05, 3.63) is 12.2 Å². The van der Waals surface area contributed by atoms with E-state index < -0.39 is 76.8 Å². The van der Waals surface area contributed by atoms with Gasteiger partial charge < -0.3 is 49.6 Å². The maximum atomic E-state index is 14.6. The summed E-state index contributed by atoms with van der Waals surface area (Å²) >= 11 is 0. The summed E-state index contributed by atoms with van der Waals surface area (Å²) in [5.41, 5.74) is -1.69. The largest absolute Gasteiger partial charge is 0.481 e. The summed E-state index contributed by atoms with van der Waals surface area (Å²) in [6.07, 6.45) is 6.61. The molecule has 4 fully saturated rings. The van der Waals surface area contributed by atoms with Gasteiger partial charge in [0.1, 0.15) is 11.8 Å². The van der Waals surface area contributed by atoms with E-state index in [2.05, 4.69) is 31.4 Å². The van der Waals surface area contributed by atoms with Crippen LogP contribution in [0.2, 0.25) is 0 Å². The van der Waals surface area contributed by atoms with Crippen LogP contribution in [0.1, 0.15) is 147 Å². The van der Waals surface area contributed by atoms with Crippen molar-refractivity contribution in [2.45, 2.75) is 219 Å². The number of ether oxygens (including phenoxy) is 5. The summed E-state index contributed by atoms with van der Waals surface area (Å²) in [6, 6.07) is -1.10. The number of aliphatic carboxylic acids is 1. The maximum Gasteiger partial charge on any atom is 0.315 e. The Kier molecular flexibility index (Phi) is 15.2. The number of carbonyl (C=O) groups excluding carboxylic acids is 2. The van der Waals surface area contributed by atoms with Crippen molar-refractivity contribution in [1.82, 2.24) is 10.6 Å². The zero-order valence-electron chi connectivity index (χ0n) is 38.0. The van der Waals surface area contributed by atoms with E-state index in [4.69, 9.17) is 23.7 Å². The highest BCUT2D eigenvalue weighted by atomic mass is 16.8. The van der Waals surface area contributed by atoms with Crippen LogP contribution >= 0.6 is 0 Å². The van der Waals surface area contributed by atoms with Gasteiger partial charge in [-0.05, 0) is 103 Å². The van der Waals surface area contributed by atoms with Gasteiger partial charge in [-0.2, -0.15) is 0 Å². The van der Waals surface area contributed by atoms with Crippen LogP contribution in [0.3, 0.4) is 0 Å². The van der Waals surface area contributed by atoms with Crippen molar-refractivity contribution in [3.8, 4) is 0 Å². The number of carboxylic acid groups (broad SMARTS) is 1. The lowest BCUT2D eigenvalue weighted by Gasteiger charge is -2.55. The second kappa shape index (κ2) is 18.7. The van der Waals surface area contributed by atoms with E-state index in [1.54, 1.807) is 6.92 Å². The van der Waals surface area contributed by atoms with Crippen molar-refractivity contribution < 1.29 is 53.4 Å². The molecule has 13 heteroatoms. The first kappa shape index (κ1) is 47.9. The number of carboxylic acids is 1. The molecule has 0 bridgehead atoms. The average Bonchev–Trinajstić information content (AvgIpc) is 3.52. The number of ketones is 1. The molecule has 5 heterocycles. The lowest BCUT2D eigenvalue weighted by atomic mass is 9.72. The minimum atomic E-state index is -1.32. The smallest absolute Gasteiger partial charge is 0.315 e. The van der Waals surface area contributed by atoms with Gasteiger partial charge in [-0.15, -0.1) is 0 Å². The predicted molar refractivity (Wildman–Crippen MR) is 223 cm³/mol. The Bertz CT molecular complexity index is 1510. The fraction of sp³-hybridized carbons (Fsp3) is 0.891. The molecule has 0 aromatic carbocycles. The van der Waals surface area contributed by atoms with E-state index in [9.17, 15) is 29.7 Å². The number of urea groups is 1. The summed E-state index contributed by atoms with van der Waals surface area (Å²) in [6.45, 7) is 23.5. The normalized spacial score (nSPS) is 42.6. The minimum Gasteiger partial charge on any atom is -0.481 e. The van der Waals surface area contributed by atoms with Gasteiger partial charge in [0.2, 0.25) is 0 Å². The van der Waals surface area contributed by atoms with Gasteiger partial charge in [-0.3, -0.25) is 9.59 Å². The highest BCUT2D eigenvalue weighted by Crippen LogP contribution is 2.54. The van der Waals surface area contributed by atoms with Crippen LogP contribution in [0.25, 0.3) is 0 Å². The number of hydrogen-bond acceptors (Lipinski definition) is 10. The SMILES string of the molecule is CC[C@@H](C(=O)[C@@H](C)[C@@H](O)[C@H](C)[C@@H]1O[C@@H]([C@@H](CC)C(=O)O)CC[C@@H]1C)[C@H]1O[C@]2(C=C[C@@H](NC(=O)NC(C)C)[C@]3(CC[C@@](C)([C@H]4CC[C@](O)(CC)[C@H](C)O4)O3)O2)[C@H](C)C[C@@H]1C. The Hall–Kier alpha value is -2.13. The standard InChI is InChI=1S/C46H78N2O11/c1-13-32(41(51)52)34-17-16-26(6)39(56-34)30(10)37(49)29(9)38(50)33(14-2)40-27(7)24-28(8)45(57-40)21-18-35(48-42(53)47-25(4)5)46(59-45)23-22-43(12,58-46)36-19-20-44(54,15-3)31(11)55-36/h18,21,25-37,39-40,49,54H,13-17,19-20,22-24H2,1-12H3,(H,51,52)(H2,47,48,53)/t26-,27-,28+,29-,30-,31-,32+,33-,34+,35+,36+,37+,39+,40-,43-,44+,45-,46-/m0/s1. The van der Waals surface area contributed by atoms with Crippen molar-refractivity contribution in [1.29, 1.82) is 0 Å². The van der Waals surface area contributed by atoms with Gasteiger partial charge in [-0.25, -0.2) is 4.79 Å². The lowest BCUT2D eigenvalue weighted by molar-refractivity contribution is -0.397. The molecule has 5 aliphatic heterocycles. The molecule has 59 heavy (non-hydrogen) atoms. The zero-order valence-corrected chi connectivity index (χ0v) is 38.0. The number of rotatable bonds is 14. The molecule has 5 rings (SSSR count). The average molecular weight is 835 g/mol. The Morgan fingerprint density at radius 2 is 1.54 bits per heavy atom. The van der Waals surface area contributed by atoms with Crippen LogP contribution in [0.4, 0.5) is 4.79 Å². The predicted octanol–water partition coefficient (Wildman–Crippen LogP) is 6.90. The molecule has 4 saturated heterocycles. The first-order chi connectivity index (χ1) is 27.6. The maximum absolute atomic E-state index is 14.6. The summed E-state index contributed by atoms with van der Waals surface area (Å²) in [5, 5.41) is 38.9. The number of nitrogens with one attached hydrogen (secondary N) is 2. The Morgan fingerprint density at radius 1 is 0.864 bits per heavy atom. The van der Waals surface area contributed by atoms with Crippen LogP contribution in [-0.2, 0) is 33.3 Å². The van der Waals surface area contributed by atoms with E-state index in [0.717, 1.165) is 6.42 Å². The van der Waals surface area contributed by atoms with Crippen LogP contribution < -0.4 is 10.6 Å². The molecule has 338 valence electrons. The van der Waals surface area contributed by atoms with E-state index in [0.29, 0.717) is 57.8 Å². The van der Waals surface area contributed by atoms with Gasteiger partial charge in [0.25, 0.3) is 0 Å². The molecule has 2 spiro atoms. The number of aliphatic hydroxyl groups is 2. The van der Waals surface area contributed by atoms with Crippen molar-refractivity contribution in [3.63, 3.8) is 0 Å². The Labute approximate surface area is 353 Å². The summed E-state index contributed by atoms with van der Waals surface area (Å²) in [7, 11) is 0. The summed E-state index contributed by atoms with van der Waals surface area (Å²) < 4.78 is 34.4. The van der Waals surface area contributed by atoms with Crippen LogP contribution in [0.5, 0.6) is 0 Å².